The Bertz CT molecular complexity index is 925. The second-order valence-corrected chi connectivity index (χ2v) is 6.57. The number of carbonyl (C=O) groups excluding carboxylic acids is 3. The van der Waals surface area contributed by atoms with E-state index in [0.29, 0.717) is 5.69 Å². The second-order valence-electron chi connectivity index (χ2n) is 6.57. The van der Waals surface area contributed by atoms with Crippen molar-refractivity contribution in [3.8, 4) is 0 Å². The topological polar surface area (TPSA) is 84.9 Å². The molecule has 0 unspecified atom stereocenters. The van der Waals surface area contributed by atoms with Gasteiger partial charge in [-0.1, -0.05) is 48.5 Å². The SMILES string of the molecule is C[C@@H](c1ccccc1)N(C)C(=O)COC(=O)C1=C(Nc2ccccc2)OCC1=O. The molecule has 1 aliphatic rings. The lowest BCUT2D eigenvalue weighted by Crippen LogP contribution is -2.34. The molecule has 0 spiro atoms. The summed E-state index contributed by atoms with van der Waals surface area (Å²) in [7, 11) is 1.64. The molecule has 1 N–H and O–H groups in total. The predicted molar refractivity (Wildman–Crippen MR) is 107 cm³/mol. The minimum Gasteiger partial charge on any atom is -0.470 e. The molecule has 1 amide bonds. The Hall–Kier alpha value is -3.61. The maximum Gasteiger partial charge on any atom is 0.347 e. The van der Waals surface area contributed by atoms with Crippen molar-refractivity contribution < 1.29 is 23.9 Å². The van der Waals surface area contributed by atoms with Crippen LogP contribution in [0.2, 0.25) is 0 Å². The van der Waals surface area contributed by atoms with E-state index in [1.807, 2.05) is 43.3 Å². The average molecular weight is 394 g/mol. The minimum absolute atomic E-state index is 0.0321. The highest BCUT2D eigenvalue weighted by molar-refractivity contribution is 6.20. The molecule has 0 aromatic heterocycles. The van der Waals surface area contributed by atoms with Crippen molar-refractivity contribution in [3.05, 3.63) is 77.7 Å². The van der Waals surface area contributed by atoms with Gasteiger partial charge in [0.2, 0.25) is 11.7 Å². The molecule has 2 aromatic carbocycles. The molecule has 0 fully saturated rings. The largest absolute Gasteiger partial charge is 0.470 e. The van der Waals surface area contributed by atoms with Gasteiger partial charge in [0, 0.05) is 12.7 Å². The normalized spacial score (nSPS) is 14.2. The standard InChI is InChI=1S/C22H22N2O5/c1-15(16-9-5-3-6-10-16)24(2)19(26)14-29-22(27)20-18(25)13-28-21(20)23-17-11-7-4-8-12-17/h3-12,15,23H,13-14H2,1-2H3/t15-/m0/s1. The summed E-state index contributed by atoms with van der Waals surface area (Å²) in [4.78, 5) is 38.4. The summed E-state index contributed by atoms with van der Waals surface area (Å²) >= 11 is 0. The van der Waals surface area contributed by atoms with Crippen molar-refractivity contribution in [1.82, 2.24) is 4.90 Å². The summed E-state index contributed by atoms with van der Waals surface area (Å²) in [5.41, 5.74) is 1.40. The number of amides is 1. The van der Waals surface area contributed by atoms with Gasteiger partial charge in [-0.05, 0) is 24.6 Å². The summed E-state index contributed by atoms with van der Waals surface area (Å²) in [6, 6.07) is 18.3. The molecule has 7 heteroatoms. The fourth-order valence-electron chi connectivity index (χ4n) is 2.84. The molecule has 7 nitrogen and oxygen atoms in total. The van der Waals surface area contributed by atoms with Gasteiger partial charge in [-0.3, -0.25) is 9.59 Å². The van der Waals surface area contributed by atoms with E-state index in [1.165, 1.54) is 4.90 Å². The highest BCUT2D eigenvalue weighted by Gasteiger charge is 2.33. The van der Waals surface area contributed by atoms with Gasteiger partial charge in [-0.25, -0.2) is 4.79 Å². The van der Waals surface area contributed by atoms with Crippen LogP contribution in [0.3, 0.4) is 0 Å². The van der Waals surface area contributed by atoms with Gasteiger partial charge in [0.25, 0.3) is 5.91 Å². The van der Waals surface area contributed by atoms with E-state index in [9.17, 15) is 14.4 Å². The van der Waals surface area contributed by atoms with Crippen molar-refractivity contribution in [1.29, 1.82) is 0 Å². The first-order valence-electron chi connectivity index (χ1n) is 9.17. The first kappa shape index (κ1) is 20.1. The number of rotatable bonds is 7. The van der Waals surface area contributed by atoms with E-state index in [4.69, 9.17) is 9.47 Å². The zero-order valence-corrected chi connectivity index (χ0v) is 16.3. The smallest absolute Gasteiger partial charge is 0.347 e. The molecule has 0 aliphatic carbocycles. The number of carbonyl (C=O) groups is 3. The van der Waals surface area contributed by atoms with Crippen LogP contribution in [0.1, 0.15) is 18.5 Å². The van der Waals surface area contributed by atoms with Gasteiger partial charge in [0.05, 0.1) is 6.04 Å². The van der Waals surface area contributed by atoms with Crippen molar-refractivity contribution >= 4 is 23.3 Å². The van der Waals surface area contributed by atoms with Crippen LogP contribution in [0.5, 0.6) is 0 Å². The van der Waals surface area contributed by atoms with E-state index >= 15 is 0 Å². The van der Waals surface area contributed by atoms with E-state index in [1.54, 1.807) is 31.3 Å². The Kier molecular flexibility index (Phi) is 6.29. The van der Waals surface area contributed by atoms with E-state index in [2.05, 4.69) is 5.32 Å². The van der Waals surface area contributed by atoms with E-state index in [-0.39, 0.29) is 30.0 Å². The summed E-state index contributed by atoms with van der Waals surface area (Å²) in [5.74, 6) is -1.73. The number of anilines is 1. The molecule has 0 saturated heterocycles. The van der Waals surface area contributed by atoms with Crippen LogP contribution in [0.4, 0.5) is 5.69 Å². The number of likely N-dealkylation sites (N-methyl/N-ethyl adjacent to an activating group) is 1. The van der Waals surface area contributed by atoms with E-state index < -0.39 is 18.4 Å². The Morgan fingerprint density at radius 3 is 2.38 bits per heavy atom. The first-order valence-corrected chi connectivity index (χ1v) is 9.17. The highest BCUT2D eigenvalue weighted by atomic mass is 16.5. The van der Waals surface area contributed by atoms with Gasteiger partial charge in [0.15, 0.2) is 18.8 Å². The van der Waals surface area contributed by atoms with Crippen molar-refractivity contribution in [3.63, 3.8) is 0 Å². The van der Waals surface area contributed by atoms with Crippen LogP contribution in [0.25, 0.3) is 0 Å². The monoisotopic (exact) mass is 394 g/mol. The van der Waals surface area contributed by atoms with Crippen LogP contribution < -0.4 is 5.32 Å². The number of esters is 1. The number of benzene rings is 2. The zero-order chi connectivity index (χ0) is 20.8. The summed E-state index contributed by atoms with van der Waals surface area (Å²) < 4.78 is 10.4. The Balaban J connectivity index is 1.63. The molecular formula is C22H22N2O5. The maximum absolute atomic E-state index is 12.4. The van der Waals surface area contributed by atoms with E-state index in [0.717, 1.165) is 5.56 Å². The fraction of sp³-hybridized carbons (Fsp3) is 0.227. The Morgan fingerprint density at radius 1 is 1.10 bits per heavy atom. The lowest BCUT2D eigenvalue weighted by Gasteiger charge is -2.25. The molecule has 1 heterocycles. The molecule has 1 aliphatic heterocycles. The average Bonchev–Trinajstić information content (AvgIpc) is 3.12. The van der Waals surface area contributed by atoms with Crippen LogP contribution in [0.15, 0.2) is 72.1 Å². The Morgan fingerprint density at radius 2 is 1.72 bits per heavy atom. The molecule has 29 heavy (non-hydrogen) atoms. The molecule has 150 valence electrons. The molecule has 0 saturated carbocycles. The molecule has 2 aromatic rings. The zero-order valence-electron chi connectivity index (χ0n) is 16.3. The summed E-state index contributed by atoms with van der Waals surface area (Å²) in [6.07, 6.45) is 0. The third-order valence-corrected chi connectivity index (χ3v) is 4.67. The quantitative estimate of drug-likeness (QED) is 0.574. The lowest BCUT2D eigenvalue weighted by molar-refractivity contribution is -0.149. The second kappa shape index (κ2) is 9.05. The minimum atomic E-state index is -0.889. The van der Waals surface area contributed by atoms with Crippen LogP contribution in [-0.2, 0) is 23.9 Å². The number of para-hydroxylation sites is 1. The summed E-state index contributed by atoms with van der Waals surface area (Å²) in [6.45, 7) is 1.16. The van der Waals surface area contributed by atoms with Gasteiger partial charge in [-0.2, -0.15) is 0 Å². The molecule has 0 bridgehead atoms. The van der Waals surface area contributed by atoms with Gasteiger partial charge >= 0.3 is 5.97 Å². The predicted octanol–water partition coefficient (Wildman–Crippen LogP) is 2.67. The highest BCUT2D eigenvalue weighted by Crippen LogP contribution is 2.21. The first-order chi connectivity index (χ1) is 14.0. The molecule has 3 rings (SSSR count). The number of ketones is 1. The lowest BCUT2D eigenvalue weighted by atomic mass is 10.1. The van der Waals surface area contributed by atoms with Crippen LogP contribution >= 0.6 is 0 Å². The van der Waals surface area contributed by atoms with Gasteiger partial charge < -0.3 is 19.7 Å². The van der Waals surface area contributed by atoms with Crippen molar-refractivity contribution in [2.45, 2.75) is 13.0 Å². The van der Waals surface area contributed by atoms with Gasteiger partial charge in [-0.15, -0.1) is 0 Å². The van der Waals surface area contributed by atoms with Gasteiger partial charge in [0.1, 0.15) is 0 Å². The third-order valence-electron chi connectivity index (χ3n) is 4.67. The maximum atomic E-state index is 12.4. The summed E-state index contributed by atoms with van der Waals surface area (Å²) in [5, 5.41) is 2.89. The number of Topliss-reactive ketones (excluding diaryl/α,β-unsaturated/α-hetero) is 1. The number of nitrogens with one attached hydrogen (secondary N) is 1. The molecule has 0 radical (unpaired) electrons. The third kappa shape index (κ3) is 4.82. The Labute approximate surface area is 168 Å². The fourth-order valence-corrected chi connectivity index (χ4v) is 2.84. The number of hydrogen-bond acceptors (Lipinski definition) is 6. The van der Waals surface area contributed by atoms with Crippen molar-refractivity contribution in [2.24, 2.45) is 0 Å². The van der Waals surface area contributed by atoms with Crippen molar-refractivity contribution in [2.75, 3.05) is 25.6 Å². The molecular weight excluding hydrogens is 372 g/mol. The van der Waals surface area contributed by atoms with Crippen LogP contribution in [0, 0.1) is 0 Å². The van der Waals surface area contributed by atoms with Crippen LogP contribution in [-0.4, -0.2) is 42.8 Å². The molecule has 1 atom stereocenters. The number of nitrogens with zero attached hydrogens (tertiary/aromatic N) is 1. The number of ether oxygens (including phenoxy) is 2. The number of hydrogen-bond donors (Lipinski definition) is 1.